The van der Waals surface area contributed by atoms with Crippen LogP contribution < -0.4 is 0 Å². The van der Waals surface area contributed by atoms with Crippen LogP contribution in [0, 0.1) is 0 Å². The Labute approximate surface area is 439 Å². The van der Waals surface area contributed by atoms with Crippen LogP contribution in [-0.2, 0) is 29.1 Å². The number of aryl methyl sites for hydroxylation is 2. The van der Waals surface area contributed by atoms with Crippen molar-refractivity contribution in [1.29, 1.82) is 0 Å². The van der Waals surface area contributed by atoms with E-state index in [0.717, 1.165) is 43.1 Å². The van der Waals surface area contributed by atoms with Gasteiger partial charge in [-0.05, 0) is 130 Å². The van der Waals surface area contributed by atoms with Crippen LogP contribution in [0.3, 0.4) is 0 Å². The van der Waals surface area contributed by atoms with Crippen LogP contribution in [0.4, 0.5) is 0 Å². The summed E-state index contributed by atoms with van der Waals surface area (Å²) in [6, 6.07) is 47.4. The fourth-order valence-electron chi connectivity index (χ4n) is 11.6. The number of hydrogen-bond donors (Lipinski definition) is 0. The lowest BCUT2D eigenvalue weighted by molar-refractivity contribution is 0.438. The highest BCUT2D eigenvalue weighted by molar-refractivity contribution is 7.19. The maximum atomic E-state index is 5.11. The Morgan fingerprint density at radius 2 is 0.958 bits per heavy atom. The monoisotopic (exact) mass is 995 g/mol. The summed E-state index contributed by atoms with van der Waals surface area (Å²) in [5.74, 6) is 0. The first-order valence-electron chi connectivity index (χ1n) is 27.5. The van der Waals surface area contributed by atoms with Crippen LogP contribution in [0.1, 0.15) is 196 Å². The molecule has 1 aliphatic rings. The highest BCUT2D eigenvalue weighted by Crippen LogP contribution is 2.58. The third-order valence-corrected chi connectivity index (χ3v) is 20.1. The Bertz CT molecular complexity index is 2980. The van der Waals surface area contributed by atoms with E-state index in [1.54, 1.807) is 4.88 Å². The van der Waals surface area contributed by atoms with Gasteiger partial charge >= 0.3 is 0 Å². The van der Waals surface area contributed by atoms with Gasteiger partial charge in [0.25, 0.3) is 0 Å². The average Bonchev–Trinajstić information content (AvgIpc) is 4.23. The first-order valence-corrected chi connectivity index (χ1v) is 29.9. The zero-order valence-electron chi connectivity index (χ0n) is 44.2. The second-order valence-corrected chi connectivity index (χ2v) is 24.2. The molecule has 0 fully saturated rings. The highest BCUT2D eigenvalue weighted by Gasteiger charge is 2.47. The van der Waals surface area contributed by atoms with Crippen molar-refractivity contribution in [1.82, 2.24) is 8.75 Å². The number of hydrogen-bond acceptors (Lipinski definition) is 5. The van der Waals surface area contributed by atoms with Gasteiger partial charge in [0.05, 0.1) is 17.1 Å². The lowest BCUT2D eigenvalue weighted by Gasteiger charge is -2.35. The van der Waals surface area contributed by atoms with Gasteiger partial charge in [-0.2, -0.15) is 8.75 Å². The van der Waals surface area contributed by atoms with E-state index in [2.05, 4.69) is 177 Å². The van der Waals surface area contributed by atoms with Gasteiger partial charge < -0.3 is 0 Å². The van der Waals surface area contributed by atoms with E-state index in [1.807, 2.05) is 22.7 Å². The topological polar surface area (TPSA) is 25.8 Å². The van der Waals surface area contributed by atoms with Crippen molar-refractivity contribution in [2.24, 2.45) is 0 Å². The summed E-state index contributed by atoms with van der Waals surface area (Å²) in [4.78, 5) is 5.56. The number of thiophene rings is 2. The summed E-state index contributed by atoms with van der Waals surface area (Å²) in [6.45, 7) is 19.0. The zero-order chi connectivity index (χ0) is 49.6. The molecule has 370 valence electrons. The van der Waals surface area contributed by atoms with Crippen molar-refractivity contribution in [3.63, 3.8) is 0 Å². The predicted octanol–water partition coefficient (Wildman–Crippen LogP) is 20.7. The lowest BCUT2D eigenvalue weighted by atomic mass is 9.66. The summed E-state index contributed by atoms with van der Waals surface area (Å²) in [5.41, 5.74) is 18.1. The summed E-state index contributed by atoms with van der Waals surface area (Å²) >= 11 is 5.32. The molecular formula is C66H78N2S3. The van der Waals surface area contributed by atoms with Crippen LogP contribution >= 0.6 is 34.4 Å². The zero-order valence-corrected chi connectivity index (χ0v) is 46.6. The molecule has 0 spiro atoms. The van der Waals surface area contributed by atoms with Crippen LogP contribution in [0.2, 0.25) is 0 Å². The minimum atomic E-state index is -0.474. The molecule has 3 aromatic heterocycles. The van der Waals surface area contributed by atoms with E-state index < -0.39 is 5.41 Å². The molecule has 0 radical (unpaired) electrons. The van der Waals surface area contributed by atoms with E-state index in [1.165, 1.54) is 170 Å². The van der Waals surface area contributed by atoms with Gasteiger partial charge in [-0.25, -0.2) is 0 Å². The Balaban J connectivity index is 1.16. The van der Waals surface area contributed by atoms with E-state index in [4.69, 9.17) is 8.75 Å². The molecule has 5 heteroatoms. The normalized spacial score (nSPS) is 13.3. The predicted molar refractivity (Wildman–Crippen MR) is 312 cm³/mol. The molecule has 0 aliphatic heterocycles. The van der Waals surface area contributed by atoms with E-state index in [0.29, 0.717) is 0 Å². The van der Waals surface area contributed by atoms with Crippen molar-refractivity contribution in [2.45, 2.75) is 181 Å². The van der Waals surface area contributed by atoms with Crippen LogP contribution in [-0.4, -0.2) is 8.75 Å². The number of aromatic nitrogens is 2. The number of fused-ring (bicyclic) bond motifs is 4. The van der Waals surface area contributed by atoms with Gasteiger partial charge in [-0.3, -0.25) is 0 Å². The maximum Gasteiger partial charge on any atom is 0.114 e. The van der Waals surface area contributed by atoms with E-state index in [9.17, 15) is 0 Å². The number of nitrogens with zero attached hydrogens (tertiary/aromatic N) is 2. The van der Waals surface area contributed by atoms with E-state index in [-0.39, 0.29) is 10.8 Å². The molecule has 0 unspecified atom stereocenters. The van der Waals surface area contributed by atoms with Gasteiger partial charge in [0.15, 0.2) is 0 Å². The average molecular weight is 996 g/mol. The molecule has 71 heavy (non-hydrogen) atoms. The van der Waals surface area contributed by atoms with Crippen molar-refractivity contribution in [3.8, 4) is 42.4 Å². The fraction of sp³-hybridized carbons (Fsp3) is 0.424. The van der Waals surface area contributed by atoms with Gasteiger partial charge in [0.1, 0.15) is 11.0 Å². The van der Waals surface area contributed by atoms with Crippen molar-refractivity contribution in [2.75, 3.05) is 0 Å². The number of unbranched alkanes of at least 4 members (excludes halogenated alkanes) is 10. The van der Waals surface area contributed by atoms with Crippen LogP contribution in [0.25, 0.3) is 53.5 Å². The fourth-order valence-corrected chi connectivity index (χ4v) is 14.8. The summed E-state index contributed by atoms with van der Waals surface area (Å²) in [5, 5.41) is 0. The van der Waals surface area contributed by atoms with Crippen molar-refractivity contribution in [3.05, 3.63) is 165 Å². The van der Waals surface area contributed by atoms with Gasteiger partial charge in [0, 0.05) is 30.6 Å². The Kier molecular flexibility index (Phi) is 16.3. The molecule has 0 saturated carbocycles. The molecule has 2 nitrogen and oxygen atoms in total. The first-order chi connectivity index (χ1) is 34.6. The molecule has 0 amide bonds. The standard InChI is InChI=1S/C66H78N2S3/c1-9-14-16-18-20-24-30-46-43-58(54-40-41-55(61-60(54)67-71-68-61)59-44-48(31-25-21-19-17-15-10-2)63(70-59)64(6,7)11-3)69-62(46)47-36-38-52-53-39-37-51(65(8,12-4)13-5)45-57(53)66(56(52)42-47,49-32-26-22-27-33-49)50-34-28-23-29-35-50/h22-23,26-29,32-45H,9-21,24-25,30-31H2,1-8H3. The second kappa shape index (κ2) is 22.6. The second-order valence-electron chi connectivity index (χ2n) is 21.6. The molecule has 5 aromatic carbocycles. The van der Waals surface area contributed by atoms with Crippen LogP contribution in [0.5, 0.6) is 0 Å². The third-order valence-electron chi connectivity index (χ3n) is 16.7. The van der Waals surface area contributed by atoms with Crippen LogP contribution in [0.15, 0.2) is 121 Å². The van der Waals surface area contributed by atoms with E-state index >= 15 is 0 Å². The van der Waals surface area contributed by atoms with Crippen molar-refractivity contribution >= 4 is 45.4 Å². The minimum absolute atomic E-state index is 0.0954. The Morgan fingerprint density at radius 1 is 0.465 bits per heavy atom. The SMILES string of the molecule is CCCCCCCCc1cc(-c2ccc(-c3cc(CCCCCCCC)c(C(C)(C)CC)s3)c3nsnc23)sc1-c1ccc2c(c1)C(c1ccccc1)(c1ccccc1)c1cc(C(C)(CC)CC)ccc1-2. The Morgan fingerprint density at radius 3 is 1.52 bits per heavy atom. The first kappa shape index (κ1) is 51.2. The minimum Gasteiger partial charge on any atom is -0.172 e. The number of benzene rings is 5. The molecule has 0 bridgehead atoms. The van der Waals surface area contributed by atoms with Gasteiger partial charge in [-0.1, -0.05) is 223 Å². The molecule has 1 aliphatic carbocycles. The third kappa shape index (κ3) is 10.1. The molecule has 8 aromatic rings. The summed E-state index contributed by atoms with van der Waals surface area (Å²) in [7, 11) is 0. The molecule has 0 N–H and O–H groups in total. The lowest BCUT2D eigenvalue weighted by Crippen LogP contribution is -2.29. The quantitative estimate of drug-likeness (QED) is 0.0564. The van der Waals surface area contributed by atoms with Gasteiger partial charge in [-0.15, -0.1) is 22.7 Å². The molecule has 0 saturated heterocycles. The summed E-state index contributed by atoms with van der Waals surface area (Å²) < 4.78 is 10.2. The summed E-state index contributed by atoms with van der Waals surface area (Å²) in [6.07, 6.45) is 21.2. The molecule has 9 rings (SSSR count). The molecule has 0 atom stereocenters. The Hall–Kier alpha value is -4.68. The smallest absolute Gasteiger partial charge is 0.114 e. The van der Waals surface area contributed by atoms with Crippen molar-refractivity contribution < 1.29 is 0 Å². The van der Waals surface area contributed by atoms with Gasteiger partial charge in [0.2, 0.25) is 0 Å². The molecular weight excluding hydrogens is 917 g/mol. The maximum absolute atomic E-state index is 5.11. The number of rotatable bonds is 24. The molecule has 3 heterocycles. The highest BCUT2D eigenvalue weighted by atomic mass is 32.1. The largest absolute Gasteiger partial charge is 0.172 e.